The molecule has 1 aromatic rings. The zero-order chi connectivity index (χ0) is 12.6. The average molecular weight is 320 g/mol. The smallest absolute Gasteiger partial charge is 0.159 e. The third kappa shape index (κ3) is 2.80. The molecule has 3 nitrogen and oxygen atoms in total. The molecule has 2 rings (SSSR count). The molecule has 0 N–H and O–H groups in total. The van der Waals surface area contributed by atoms with Gasteiger partial charge < -0.3 is 4.74 Å². The van der Waals surface area contributed by atoms with E-state index in [0.717, 1.165) is 10.2 Å². The molecule has 0 bridgehead atoms. The molecule has 1 atom stereocenters. The van der Waals surface area contributed by atoms with Crippen molar-refractivity contribution in [1.29, 1.82) is 0 Å². The Morgan fingerprint density at radius 3 is 2.47 bits per heavy atom. The van der Waals surface area contributed by atoms with Gasteiger partial charge >= 0.3 is 0 Å². The van der Waals surface area contributed by atoms with E-state index in [0.29, 0.717) is 22.8 Å². The number of hydrogen-bond donors (Lipinski definition) is 0. The van der Waals surface area contributed by atoms with Crippen LogP contribution in [0.15, 0.2) is 4.47 Å². The van der Waals surface area contributed by atoms with Crippen LogP contribution >= 0.6 is 27.5 Å². The molecule has 0 aliphatic heterocycles. The summed E-state index contributed by atoms with van der Waals surface area (Å²) < 4.78 is 6.29. The second kappa shape index (κ2) is 5.21. The first kappa shape index (κ1) is 13.2. The van der Waals surface area contributed by atoms with Gasteiger partial charge in [0, 0.05) is 7.11 Å². The predicted molar refractivity (Wildman–Crippen MR) is 71.3 cm³/mol. The molecule has 0 aromatic carbocycles. The van der Waals surface area contributed by atoms with E-state index in [1.165, 1.54) is 12.8 Å². The maximum atomic E-state index is 6.14. The summed E-state index contributed by atoms with van der Waals surface area (Å²) >= 11 is 9.58. The molecule has 1 aliphatic carbocycles. The summed E-state index contributed by atoms with van der Waals surface area (Å²) in [7, 11) is 1.71. The Morgan fingerprint density at radius 1 is 1.35 bits per heavy atom. The Morgan fingerprint density at radius 2 is 2.00 bits per heavy atom. The van der Waals surface area contributed by atoms with Gasteiger partial charge in [0.15, 0.2) is 5.82 Å². The highest BCUT2D eigenvalue weighted by atomic mass is 79.9. The van der Waals surface area contributed by atoms with Crippen LogP contribution in [0.1, 0.15) is 50.2 Å². The Balaban J connectivity index is 2.40. The molecule has 1 unspecified atom stereocenters. The fourth-order valence-electron chi connectivity index (χ4n) is 1.87. The van der Waals surface area contributed by atoms with Crippen LogP contribution in [0.4, 0.5) is 0 Å². The Kier molecular flexibility index (Phi) is 4.06. The fraction of sp³-hybridized carbons (Fsp3) is 0.667. The number of ether oxygens (including phenoxy) is 1. The van der Waals surface area contributed by atoms with Gasteiger partial charge in [-0.25, -0.2) is 9.97 Å². The van der Waals surface area contributed by atoms with Gasteiger partial charge in [-0.15, -0.1) is 0 Å². The first-order chi connectivity index (χ1) is 8.04. The Bertz CT molecular complexity index is 421. The average Bonchev–Trinajstić information content (AvgIpc) is 3.07. The molecule has 5 heteroatoms. The lowest BCUT2D eigenvalue weighted by Crippen LogP contribution is -2.11. The van der Waals surface area contributed by atoms with Crippen molar-refractivity contribution in [3.05, 3.63) is 21.1 Å². The van der Waals surface area contributed by atoms with Gasteiger partial charge in [-0.2, -0.15) is 0 Å². The van der Waals surface area contributed by atoms with Gasteiger partial charge in [-0.05, 0) is 40.6 Å². The van der Waals surface area contributed by atoms with E-state index in [4.69, 9.17) is 16.3 Å². The van der Waals surface area contributed by atoms with E-state index < -0.39 is 0 Å². The van der Waals surface area contributed by atoms with Crippen molar-refractivity contribution in [3.8, 4) is 0 Å². The van der Waals surface area contributed by atoms with E-state index in [2.05, 4.69) is 39.7 Å². The first-order valence-electron chi connectivity index (χ1n) is 5.80. The number of methoxy groups -OCH3 is 1. The van der Waals surface area contributed by atoms with Crippen LogP contribution in [0.5, 0.6) is 0 Å². The highest BCUT2D eigenvalue weighted by Gasteiger charge is 2.35. The second-order valence-electron chi connectivity index (χ2n) is 4.72. The largest absolute Gasteiger partial charge is 0.373 e. The van der Waals surface area contributed by atoms with E-state index in [9.17, 15) is 0 Å². The molecule has 0 amide bonds. The lowest BCUT2D eigenvalue weighted by molar-refractivity contribution is 0.0769. The molecule has 1 aliphatic rings. The minimum absolute atomic E-state index is 0.0156. The number of rotatable bonds is 4. The summed E-state index contributed by atoms with van der Waals surface area (Å²) in [5.74, 6) is 1.57. The standard InChI is InChI=1S/C12H16BrClN2O/c1-6(2)9-8(13)11(14)16-12(15-9)10(17-3)7-4-5-7/h6-7,10H,4-5H2,1-3H3. The predicted octanol–water partition coefficient (Wildman–Crippen LogP) is 4.11. The maximum absolute atomic E-state index is 6.14. The van der Waals surface area contributed by atoms with E-state index in [-0.39, 0.29) is 6.10 Å². The van der Waals surface area contributed by atoms with Crippen LogP contribution in [0.2, 0.25) is 5.15 Å². The molecule has 0 spiro atoms. The number of nitrogens with zero attached hydrogens (tertiary/aromatic N) is 2. The molecule has 0 saturated heterocycles. The van der Waals surface area contributed by atoms with Gasteiger partial charge in [-0.1, -0.05) is 25.4 Å². The van der Waals surface area contributed by atoms with Crippen LogP contribution in [-0.2, 0) is 4.74 Å². The third-order valence-electron chi connectivity index (χ3n) is 2.96. The monoisotopic (exact) mass is 318 g/mol. The second-order valence-corrected chi connectivity index (χ2v) is 5.87. The van der Waals surface area contributed by atoms with Crippen LogP contribution in [0.25, 0.3) is 0 Å². The summed E-state index contributed by atoms with van der Waals surface area (Å²) in [6, 6.07) is 0. The summed E-state index contributed by atoms with van der Waals surface area (Å²) in [6.45, 7) is 4.18. The molecule has 1 aromatic heterocycles. The van der Waals surface area contributed by atoms with Crippen LogP contribution in [-0.4, -0.2) is 17.1 Å². The van der Waals surface area contributed by atoms with Crippen molar-refractivity contribution in [2.45, 2.75) is 38.7 Å². The SMILES string of the molecule is COC(c1nc(Cl)c(Br)c(C(C)C)n1)C1CC1. The van der Waals surface area contributed by atoms with Gasteiger partial charge in [0.2, 0.25) is 0 Å². The van der Waals surface area contributed by atoms with Crippen molar-refractivity contribution in [2.75, 3.05) is 7.11 Å². The highest BCUT2D eigenvalue weighted by Crippen LogP contribution is 2.43. The fourth-order valence-corrected chi connectivity index (χ4v) is 2.69. The molecule has 1 saturated carbocycles. The van der Waals surface area contributed by atoms with Gasteiger partial charge in [-0.3, -0.25) is 0 Å². The lowest BCUT2D eigenvalue weighted by Gasteiger charge is -2.16. The summed E-state index contributed by atoms with van der Waals surface area (Å²) in [4.78, 5) is 8.93. The molecule has 1 heterocycles. The Hall–Kier alpha value is -0.190. The van der Waals surface area contributed by atoms with Gasteiger partial charge in [0.25, 0.3) is 0 Å². The van der Waals surface area contributed by atoms with Crippen molar-refractivity contribution in [3.63, 3.8) is 0 Å². The van der Waals surface area contributed by atoms with Crippen LogP contribution in [0.3, 0.4) is 0 Å². The van der Waals surface area contributed by atoms with Crippen molar-refractivity contribution < 1.29 is 4.74 Å². The molecular formula is C12H16BrClN2O. The molecule has 17 heavy (non-hydrogen) atoms. The molecular weight excluding hydrogens is 304 g/mol. The normalized spacial score (nSPS) is 17.5. The topological polar surface area (TPSA) is 35.0 Å². The van der Waals surface area contributed by atoms with Crippen LogP contribution < -0.4 is 0 Å². The van der Waals surface area contributed by atoms with E-state index >= 15 is 0 Å². The third-order valence-corrected chi connectivity index (χ3v) is 4.24. The van der Waals surface area contributed by atoms with Gasteiger partial charge in [0.1, 0.15) is 11.3 Å². The summed E-state index contributed by atoms with van der Waals surface area (Å²) in [5.41, 5.74) is 0.947. The number of halogens is 2. The maximum Gasteiger partial charge on any atom is 0.159 e. The molecule has 1 fully saturated rings. The summed E-state index contributed by atoms with van der Waals surface area (Å²) in [5, 5.41) is 0.474. The molecule has 94 valence electrons. The highest BCUT2D eigenvalue weighted by molar-refractivity contribution is 9.10. The van der Waals surface area contributed by atoms with Crippen molar-refractivity contribution >= 4 is 27.5 Å². The number of aromatic nitrogens is 2. The van der Waals surface area contributed by atoms with E-state index in [1.54, 1.807) is 7.11 Å². The van der Waals surface area contributed by atoms with Crippen LogP contribution in [0, 0.1) is 5.92 Å². The Labute approximate surface area is 115 Å². The summed E-state index contributed by atoms with van der Waals surface area (Å²) in [6.07, 6.45) is 2.36. The minimum atomic E-state index is -0.0156. The number of hydrogen-bond acceptors (Lipinski definition) is 3. The van der Waals surface area contributed by atoms with E-state index in [1.807, 2.05) is 0 Å². The lowest BCUT2D eigenvalue weighted by atomic mass is 10.1. The molecule has 0 radical (unpaired) electrons. The quantitative estimate of drug-likeness (QED) is 0.783. The van der Waals surface area contributed by atoms with Crippen molar-refractivity contribution in [2.24, 2.45) is 5.92 Å². The van der Waals surface area contributed by atoms with Gasteiger partial charge in [0.05, 0.1) is 10.2 Å². The minimum Gasteiger partial charge on any atom is -0.373 e. The first-order valence-corrected chi connectivity index (χ1v) is 6.97. The zero-order valence-electron chi connectivity index (χ0n) is 10.2. The van der Waals surface area contributed by atoms with Crippen molar-refractivity contribution in [1.82, 2.24) is 9.97 Å². The zero-order valence-corrected chi connectivity index (χ0v) is 12.5.